The average molecular weight is 277 g/mol. The maximum absolute atomic E-state index is 12.0. The number of Topliss-reactive ketones (excluding diaryl/α,β-unsaturated/α-hetero) is 1. The van der Waals surface area contributed by atoms with Crippen LogP contribution in [0.5, 0.6) is 0 Å². The van der Waals surface area contributed by atoms with Crippen LogP contribution in [-0.2, 0) is 25.7 Å². The molecule has 2 rings (SSSR count). The largest absolute Gasteiger partial charge is 0.368 e. The highest BCUT2D eigenvalue weighted by Crippen LogP contribution is 2.10. The summed E-state index contributed by atoms with van der Waals surface area (Å²) in [6.45, 7) is 3.86. The van der Waals surface area contributed by atoms with Gasteiger partial charge < -0.3 is 14.8 Å². The number of ether oxygens (including phenoxy) is 2. The Morgan fingerprint density at radius 1 is 1.45 bits per heavy atom. The van der Waals surface area contributed by atoms with Gasteiger partial charge in [-0.1, -0.05) is 30.3 Å². The molecule has 1 heterocycles. The molecule has 1 amide bonds. The van der Waals surface area contributed by atoms with E-state index in [0.717, 1.165) is 5.56 Å². The van der Waals surface area contributed by atoms with Crippen LogP contribution in [-0.4, -0.2) is 36.5 Å². The smallest absolute Gasteiger partial charge is 0.249 e. The second kappa shape index (κ2) is 6.63. The number of nitrogens with one attached hydrogen (secondary N) is 1. The van der Waals surface area contributed by atoms with Crippen molar-refractivity contribution in [2.45, 2.75) is 38.7 Å². The monoisotopic (exact) mass is 277 g/mol. The predicted molar refractivity (Wildman–Crippen MR) is 73.0 cm³/mol. The summed E-state index contributed by atoms with van der Waals surface area (Å²) in [4.78, 5) is 23.5. The van der Waals surface area contributed by atoms with Crippen molar-refractivity contribution < 1.29 is 19.1 Å². The third kappa shape index (κ3) is 3.65. The molecule has 0 aromatic heterocycles. The highest BCUT2D eigenvalue weighted by atomic mass is 16.5. The Morgan fingerprint density at radius 2 is 2.15 bits per heavy atom. The molecule has 0 saturated carbocycles. The summed E-state index contributed by atoms with van der Waals surface area (Å²) >= 11 is 0. The number of benzene rings is 1. The number of carbonyl (C=O) groups excluding carboxylic acids is 2. The van der Waals surface area contributed by atoms with Crippen molar-refractivity contribution in [1.29, 1.82) is 0 Å². The fraction of sp³-hybridized carbons (Fsp3) is 0.467. The summed E-state index contributed by atoms with van der Waals surface area (Å²) in [5, 5.41) is 2.68. The molecular formula is C15H19NO4. The van der Waals surface area contributed by atoms with Crippen LogP contribution in [0, 0.1) is 0 Å². The lowest BCUT2D eigenvalue weighted by Crippen LogP contribution is -2.47. The molecule has 0 radical (unpaired) electrons. The lowest BCUT2D eigenvalue weighted by atomic mass is 10.1. The minimum atomic E-state index is -0.615. The topological polar surface area (TPSA) is 64.6 Å². The normalized spacial score (nSPS) is 23.6. The van der Waals surface area contributed by atoms with Crippen molar-refractivity contribution in [2.24, 2.45) is 0 Å². The van der Waals surface area contributed by atoms with Crippen LogP contribution in [0.25, 0.3) is 0 Å². The van der Waals surface area contributed by atoms with Crippen LogP contribution in [0.1, 0.15) is 19.4 Å². The van der Waals surface area contributed by atoms with E-state index in [-0.39, 0.29) is 24.4 Å². The molecule has 0 aliphatic carbocycles. The minimum Gasteiger partial charge on any atom is -0.368 e. The van der Waals surface area contributed by atoms with E-state index in [1.807, 2.05) is 30.3 Å². The summed E-state index contributed by atoms with van der Waals surface area (Å²) in [5.41, 5.74) is 1.00. The molecule has 1 aromatic carbocycles. The molecule has 0 spiro atoms. The van der Waals surface area contributed by atoms with Gasteiger partial charge in [-0.05, 0) is 19.4 Å². The number of rotatable bonds is 5. The highest BCUT2D eigenvalue weighted by molar-refractivity contribution is 5.92. The molecule has 20 heavy (non-hydrogen) atoms. The van der Waals surface area contributed by atoms with Gasteiger partial charge in [0.15, 0.2) is 5.78 Å². The summed E-state index contributed by atoms with van der Waals surface area (Å²) in [7, 11) is 0. The van der Waals surface area contributed by atoms with Crippen molar-refractivity contribution in [1.82, 2.24) is 5.32 Å². The number of carbonyl (C=O) groups is 2. The number of amides is 1. The molecule has 1 aromatic rings. The van der Waals surface area contributed by atoms with Crippen LogP contribution in [0.4, 0.5) is 0 Å². The molecule has 5 nitrogen and oxygen atoms in total. The fourth-order valence-electron chi connectivity index (χ4n) is 2.00. The Bertz CT molecular complexity index is 474. The molecule has 1 saturated heterocycles. The van der Waals surface area contributed by atoms with E-state index in [4.69, 9.17) is 9.47 Å². The number of hydrogen-bond acceptors (Lipinski definition) is 4. The van der Waals surface area contributed by atoms with Crippen LogP contribution < -0.4 is 5.32 Å². The molecule has 1 aliphatic rings. The third-order valence-electron chi connectivity index (χ3n) is 3.31. The molecule has 1 unspecified atom stereocenters. The van der Waals surface area contributed by atoms with E-state index in [0.29, 0.717) is 6.61 Å². The minimum absolute atomic E-state index is 0.0609. The van der Waals surface area contributed by atoms with Crippen molar-refractivity contribution in [2.75, 3.05) is 6.61 Å². The van der Waals surface area contributed by atoms with Gasteiger partial charge in [-0.15, -0.1) is 0 Å². The number of ketones is 1. The van der Waals surface area contributed by atoms with Crippen molar-refractivity contribution in [3.05, 3.63) is 35.9 Å². The van der Waals surface area contributed by atoms with Gasteiger partial charge in [0.1, 0.15) is 18.8 Å². The summed E-state index contributed by atoms with van der Waals surface area (Å²) < 4.78 is 10.7. The average Bonchev–Trinajstić information content (AvgIpc) is 2.77. The zero-order valence-corrected chi connectivity index (χ0v) is 11.7. The highest BCUT2D eigenvalue weighted by Gasteiger charge is 2.34. The van der Waals surface area contributed by atoms with Gasteiger partial charge in [0.25, 0.3) is 0 Å². The first-order valence-electron chi connectivity index (χ1n) is 6.68. The van der Waals surface area contributed by atoms with Gasteiger partial charge in [-0.2, -0.15) is 0 Å². The van der Waals surface area contributed by atoms with Gasteiger partial charge in [-0.3, -0.25) is 9.59 Å². The first-order valence-corrected chi connectivity index (χ1v) is 6.68. The standard InChI is InChI=1S/C15H19NO4/c1-10-14(13(17)9-20-10)16-15(18)11(2)19-8-12-6-4-3-5-7-12/h3-7,10-11,14H,8-9H2,1-2H3,(H,16,18)/t10-,11?,14+/m0/s1. The van der Waals surface area contributed by atoms with Crippen molar-refractivity contribution in [3.8, 4) is 0 Å². The Hall–Kier alpha value is -1.72. The zero-order chi connectivity index (χ0) is 14.5. The van der Waals surface area contributed by atoms with E-state index < -0.39 is 12.1 Å². The van der Waals surface area contributed by atoms with E-state index in [1.165, 1.54) is 0 Å². The van der Waals surface area contributed by atoms with Crippen LogP contribution in [0.15, 0.2) is 30.3 Å². The Labute approximate surface area is 118 Å². The second-order valence-electron chi connectivity index (χ2n) is 4.91. The Balaban J connectivity index is 1.81. The summed E-state index contributed by atoms with van der Waals surface area (Å²) in [6.07, 6.45) is -0.899. The third-order valence-corrected chi connectivity index (χ3v) is 3.31. The van der Waals surface area contributed by atoms with Crippen molar-refractivity contribution in [3.63, 3.8) is 0 Å². The van der Waals surface area contributed by atoms with Crippen LogP contribution in [0.3, 0.4) is 0 Å². The van der Waals surface area contributed by atoms with Gasteiger partial charge in [-0.25, -0.2) is 0 Å². The van der Waals surface area contributed by atoms with Gasteiger partial charge >= 0.3 is 0 Å². The lowest BCUT2D eigenvalue weighted by Gasteiger charge is -2.18. The SMILES string of the molecule is CC(OCc1ccccc1)C(=O)N[C@H]1C(=O)CO[C@H]1C. The maximum atomic E-state index is 12.0. The Kier molecular flexibility index (Phi) is 4.87. The van der Waals surface area contributed by atoms with Gasteiger partial charge in [0.05, 0.1) is 12.7 Å². The molecule has 1 aliphatic heterocycles. The Morgan fingerprint density at radius 3 is 2.75 bits per heavy atom. The molecular weight excluding hydrogens is 258 g/mol. The van der Waals surface area contributed by atoms with E-state index in [9.17, 15) is 9.59 Å². The molecule has 5 heteroatoms. The molecule has 1 N–H and O–H groups in total. The first kappa shape index (κ1) is 14.7. The van der Waals surface area contributed by atoms with E-state index in [2.05, 4.69) is 5.32 Å². The van der Waals surface area contributed by atoms with Gasteiger partial charge in [0.2, 0.25) is 5.91 Å². The molecule has 3 atom stereocenters. The maximum Gasteiger partial charge on any atom is 0.249 e. The summed E-state index contributed by atoms with van der Waals surface area (Å²) in [5.74, 6) is -0.391. The van der Waals surface area contributed by atoms with Crippen LogP contribution >= 0.6 is 0 Å². The summed E-state index contributed by atoms with van der Waals surface area (Å²) in [6, 6.07) is 9.05. The number of hydrogen-bond donors (Lipinski definition) is 1. The fourth-order valence-corrected chi connectivity index (χ4v) is 2.00. The predicted octanol–water partition coefficient (Wildman–Crippen LogP) is 1.06. The molecule has 108 valence electrons. The molecule has 0 bridgehead atoms. The zero-order valence-electron chi connectivity index (χ0n) is 11.7. The van der Waals surface area contributed by atoms with Crippen LogP contribution in [0.2, 0.25) is 0 Å². The molecule has 1 fully saturated rings. The lowest BCUT2D eigenvalue weighted by molar-refractivity contribution is -0.135. The second-order valence-corrected chi connectivity index (χ2v) is 4.91. The quantitative estimate of drug-likeness (QED) is 0.874. The van der Waals surface area contributed by atoms with Crippen molar-refractivity contribution >= 4 is 11.7 Å². The van der Waals surface area contributed by atoms with E-state index in [1.54, 1.807) is 13.8 Å². The van der Waals surface area contributed by atoms with Gasteiger partial charge in [0, 0.05) is 0 Å². The van der Waals surface area contributed by atoms with E-state index >= 15 is 0 Å². The first-order chi connectivity index (χ1) is 9.58.